The van der Waals surface area contributed by atoms with Gasteiger partial charge in [-0.1, -0.05) is 23.5 Å². The highest BCUT2D eigenvalue weighted by Gasteiger charge is 2.41. The maximum absolute atomic E-state index is 13.6. The Morgan fingerprint density at radius 3 is 2.18 bits per heavy atom. The summed E-state index contributed by atoms with van der Waals surface area (Å²) in [4.78, 5) is 36.8. The molecule has 0 radical (unpaired) electrons. The van der Waals surface area contributed by atoms with Gasteiger partial charge in [0.2, 0.25) is 15.9 Å². The second-order valence-electron chi connectivity index (χ2n) is 9.40. The number of nitrogens with one attached hydrogen (secondary N) is 2. The zero-order chi connectivity index (χ0) is 32.6. The zero-order valence-electron chi connectivity index (χ0n) is 22.4. The Kier molecular flexibility index (Phi) is 8.64. The summed E-state index contributed by atoms with van der Waals surface area (Å²) in [6.45, 7) is -0.588. The maximum Gasteiger partial charge on any atom is 0.573 e. The molecule has 45 heavy (non-hydrogen) atoms. The van der Waals surface area contributed by atoms with Crippen LogP contribution >= 0.6 is 11.3 Å². The Morgan fingerprint density at radius 2 is 1.58 bits per heavy atom. The van der Waals surface area contributed by atoms with Crippen molar-refractivity contribution in [2.75, 3.05) is 24.5 Å². The molecule has 240 valence electrons. The van der Waals surface area contributed by atoms with Crippen molar-refractivity contribution in [2.45, 2.75) is 30.2 Å². The number of ether oxygens (including phenoxy) is 2. The Hall–Kier alpha value is -4.43. The number of halogens is 6. The molecule has 2 N–H and O–H groups in total. The summed E-state index contributed by atoms with van der Waals surface area (Å²) >= 11 is 1.14. The number of anilines is 1. The molecule has 2 aromatic carbocycles. The quantitative estimate of drug-likeness (QED) is 0.268. The fourth-order valence-corrected chi connectivity index (χ4v) is 6.89. The molecule has 1 amide bonds. The molecule has 5 rings (SSSR count). The molecule has 1 aliphatic rings. The number of alkyl halides is 6. The monoisotopic (exact) mass is 678 g/mol. The molecule has 20 heteroatoms. The summed E-state index contributed by atoms with van der Waals surface area (Å²) in [5, 5.41) is 2.94. The van der Waals surface area contributed by atoms with Crippen molar-refractivity contribution in [3.05, 3.63) is 70.8 Å². The molecule has 4 aromatic rings. The van der Waals surface area contributed by atoms with Gasteiger partial charge in [0.1, 0.15) is 17.5 Å². The average Bonchev–Trinajstić information content (AvgIpc) is 3.38. The number of carbonyl (C=O) groups excluding carboxylic acids is 1. The van der Waals surface area contributed by atoms with Gasteiger partial charge in [-0.25, -0.2) is 23.2 Å². The van der Waals surface area contributed by atoms with E-state index < -0.39 is 56.8 Å². The summed E-state index contributed by atoms with van der Waals surface area (Å²) in [6, 6.07) is 6.76. The number of sulfonamides is 1. The Balaban J connectivity index is 1.39. The minimum Gasteiger partial charge on any atom is -0.406 e. The molecule has 0 spiro atoms. The van der Waals surface area contributed by atoms with Crippen molar-refractivity contribution in [3.63, 3.8) is 0 Å². The van der Waals surface area contributed by atoms with E-state index in [-0.39, 0.29) is 31.8 Å². The van der Waals surface area contributed by atoms with Crippen LogP contribution in [-0.2, 0) is 21.4 Å². The standard InChI is InChI=1S/C25H20F6N6O6S2/c26-24(27,28)42-15-3-1-14(2-4-15)11-32-21(38)18-13-36(23-35-20-19(44-23)12-33-22(39)34-20)9-10-37(18)45(40,41)17-7-5-16(6-8-17)43-25(29,30)31/h1-8,12,18H,9-11,13H2,(H,32,38)(H,33,34,39)/t18-/m1/s1. The number of thiazole rings is 1. The predicted molar refractivity (Wildman–Crippen MR) is 146 cm³/mol. The first-order chi connectivity index (χ1) is 21.1. The first kappa shape index (κ1) is 32.0. The van der Waals surface area contributed by atoms with Crippen LogP contribution in [0.4, 0.5) is 31.5 Å². The summed E-state index contributed by atoms with van der Waals surface area (Å²) < 4.78 is 111. The SMILES string of the molecule is O=C(NCc1ccc(OC(F)(F)F)cc1)[C@H]1CN(c2nc3[nH]c(=O)ncc3s2)CCN1S(=O)(=O)c1ccc(OC(F)(F)F)cc1. The number of aromatic amines is 1. The Labute approximate surface area is 253 Å². The molecule has 0 bridgehead atoms. The number of H-pyrrole nitrogens is 1. The molecule has 3 heterocycles. The molecule has 0 saturated carbocycles. The van der Waals surface area contributed by atoms with Gasteiger partial charge in [-0.2, -0.15) is 4.31 Å². The minimum atomic E-state index is -4.99. The van der Waals surface area contributed by atoms with Gasteiger partial charge in [0.05, 0.1) is 15.8 Å². The molecule has 2 aromatic heterocycles. The number of hydrogen-bond donors (Lipinski definition) is 2. The summed E-state index contributed by atoms with van der Waals surface area (Å²) in [5.74, 6) is -1.89. The first-order valence-electron chi connectivity index (χ1n) is 12.7. The molecule has 1 fully saturated rings. The Bertz CT molecular complexity index is 1850. The first-order valence-corrected chi connectivity index (χ1v) is 14.9. The smallest absolute Gasteiger partial charge is 0.406 e. The minimum absolute atomic E-state index is 0.0520. The van der Waals surface area contributed by atoms with Crippen molar-refractivity contribution in [1.29, 1.82) is 0 Å². The lowest BCUT2D eigenvalue weighted by Crippen LogP contribution is -2.60. The molecule has 12 nitrogen and oxygen atoms in total. The summed E-state index contributed by atoms with van der Waals surface area (Å²) in [7, 11) is -4.45. The normalized spacial score (nSPS) is 16.5. The lowest BCUT2D eigenvalue weighted by Gasteiger charge is -2.39. The number of benzene rings is 2. The van der Waals surface area contributed by atoms with E-state index in [0.29, 0.717) is 15.4 Å². The number of fused-ring (bicyclic) bond motifs is 1. The third-order valence-corrected chi connectivity index (χ3v) is 9.33. The van der Waals surface area contributed by atoms with E-state index in [4.69, 9.17) is 0 Å². The highest BCUT2D eigenvalue weighted by atomic mass is 32.2. The van der Waals surface area contributed by atoms with E-state index >= 15 is 0 Å². The molecular weight excluding hydrogens is 658 g/mol. The van der Waals surface area contributed by atoms with Crippen LogP contribution in [0.3, 0.4) is 0 Å². The number of aromatic nitrogens is 3. The van der Waals surface area contributed by atoms with Crippen molar-refractivity contribution in [1.82, 2.24) is 24.6 Å². The van der Waals surface area contributed by atoms with E-state index in [1.807, 2.05) is 0 Å². The number of carbonyl (C=O) groups is 1. The second-order valence-corrected chi connectivity index (χ2v) is 12.3. The van der Waals surface area contributed by atoms with Crippen LogP contribution in [0.25, 0.3) is 10.3 Å². The molecule has 0 unspecified atom stereocenters. The van der Waals surface area contributed by atoms with Gasteiger partial charge in [-0.05, 0) is 42.0 Å². The van der Waals surface area contributed by atoms with Crippen LogP contribution < -0.4 is 25.4 Å². The summed E-state index contributed by atoms with van der Waals surface area (Å²) in [6.07, 6.45) is -8.56. The van der Waals surface area contributed by atoms with Gasteiger partial charge in [-0.15, -0.1) is 26.3 Å². The van der Waals surface area contributed by atoms with E-state index in [1.54, 1.807) is 4.90 Å². The number of hydrogen-bond acceptors (Lipinski definition) is 10. The fourth-order valence-electron chi connectivity index (χ4n) is 4.39. The molecule has 1 saturated heterocycles. The van der Waals surface area contributed by atoms with Gasteiger partial charge >= 0.3 is 18.4 Å². The van der Waals surface area contributed by atoms with Crippen LogP contribution in [0.2, 0.25) is 0 Å². The van der Waals surface area contributed by atoms with Crippen LogP contribution in [0.1, 0.15) is 5.56 Å². The highest BCUT2D eigenvalue weighted by Crippen LogP contribution is 2.31. The van der Waals surface area contributed by atoms with Gasteiger partial charge in [0.15, 0.2) is 10.8 Å². The Morgan fingerprint density at radius 1 is 0.978 bits per heavy atom. The number of nitrogens with zero attached hydrogens (tertiary/aromatic N) is 4. The van der Waals surface area contributed by atoms with E-state index in [1.165, 1.54) is 18.3 Å². The topological polar surface area (TPSA) is 147 Å². The lowest BCUT2D eigenvalue weighted by atomic mass is 10.1. The van der Waals surface area contributed by atoms with Crippen molar-refractivity contribution >= 4 is 42.7 Å². The highest BCUT2D eigenvalue weighted by molar-refractivity contribution is 7.89. The third-order valence-electron chi connectivity index (χ3n) is 6.36. The second kappa shape index (κ2) is 12.2. The van der Waals surface area contributed by atoms with Gasteiger partial charge < -0.3 is 19.7 Å². The molecule has 1 aliphatic heterocycles. The van der Waals surface area contributed by atoms with E-state index in [9.17, 15) is 44.3 Å². The number of amides is 1. The van der Waals surface area contributed by atoms with Gasteiger partial charge in [0.25, 0.3) is 0 Å². The van der Waals surface area contributed by atoms with Crippen molar-refractivity contribution in [2.24, 2.45) is 0 Å². The van der Waals surface area contributed by atoms with Crippen molar-refractivity contribution < 1.29 is 49.0 Å². The summed E-state index contributed by atoms with van der Waals surface area (Å²) in [5.41, 5.74) is -0.00911. The maximum atomic E-state index is 13.6. The molecule has 0 aliphatic carbocycles. The number of rotatable bonds is 8. The van der Waals surface area contributed by atoms with Crippen molar-refractivity contribution in [3.8, 4) is 11.5 Å². The largest absolute Gasteiger partial charge is 0.573 e. The van der Waals surface area contributed by atoms with Crippen LogP contribution in [0.15, 0.2) is 64.4 Å². The molecule has 1 atom stereocenters. The van der Waals surface area contributed by atoms with Gasteiger partial charge in [-0.3, -0.25) is 9.78 Å². The number of piperazine rings is 1. The third kappa shape index (κ3) is 7.81. The van der Waals surface area contributed by atoms with Crippen LogP contribution in [0, 0.1) is 0 Å². The molecular formula is C25H20F6N6O6S2. The average molecular weight is 679 g/mol. The van der Waals surface area contributed by atoms with Crippen LogP contribution in [-0.4, -0.2) is 72.0 Å². The predicted octanol–water partition coefficient (Wildman–Crippen LogP) is 3.37. The van der Waals surface area contributed by atoms with E-state index in [0.717, 1.165) is 52.0 Å². The van der Waals surface area contributed by atoms with E-state index in [2.05, 4.69) is 29.7 Å². The zero-order valence-corrected chi connectivity index (χ0v) is 24.1. The fraction of sp³-hybridized carbons (Fsp3) is 0.280. The van der Waals surface area contributed by atoms with Crippen LogP contribution in [0.5, 0.6) is 11.5 Å². The van der Waals surface area contributed by atoms with Gasteiger partial charge in [0, 0.05) is 26.2 Å². The lowest BCUT2D eigenvalue weighted by molar-refractivity contribution is -0.275.